The average molecular weight is 294 g/mol. The highest BCUT2D eigenvalue weighted by molar-refractivity contribution is 6.33. The molecule has 20 heavy (non-hydrogen) atoms. The zero-order chi connectivity index (χ0) is 13.9. The lowest BCUT2D eigenvalue weighted by Crippen LogP contribution is -2.41. The molecular weight excluding hydrogens is 274 g/mol. The molecule has 3 heterocycles. The van der Waals surface area contributed by atoms with Gasteiger partial charge in [-0.15, -0.1) is 0 Å². The first-order valence-electron chi connectivity index (χ1n) is 7.38. The highest BCUT2D eigenvalue weighted by Gasteiger charge is 2.31. The van der Waals surface area contributed by atoms with Gasteiger partial charge in [-0.1, -0.05) is 18.0 Å². The zero-order valence-corrected chi connectivity index (χ0v) is 12.4. The van der Waals surface area contributed by atoms with Crippen LogP contribution in [0.25, 0.3) is 0 Å². The van der Waals surface area contributed by atoms with Crippen molar-refractivity contribution < 1.29 is 4.79 Å². The van der Waals surface area contributed by atoms with E-state index in [-0.39, 0.29) is 5.91 Å². The van der Waals surface area contributed by atoms with Crippen LogP contribution < -0.4 is 0 Å². The third kappa shape index (κ3) is 2.81. The minimum atomic E-state index is 0.0388. The lowest BCUT2D eigenvalue weighted by molar-refractivity contribution is 0.0771. The number of carbonyl (C=O) groups is 1. The van der Waals surface area contributed by atoms with Crippen LogP contribution in [0.5, 0.6) is 0 Å². The smallest absolute Gasteiger partial charge is 0.255 e. The monoisotopic (exact) mass is 293 g/mol. The summed E-state index contributed by atoms with van der Waals surface area (Å²) < 4.78 is 0. The molecule has 0 aromatic carbocycles. The van der Waals surface area contributed by atoms with E-state index in [1.165, 1.54) is 38.5 Å². The van der Waals surface area contributed by atoms with Gasteiger partial charge < -0.3 is 4.90 Å². The molecule has 2 saturated heterocycles. The molecule has 1 atom stereocenters. The minimum Gasteiger partial charge on any atom is -0.337 e. The molecule has 2 aliphatic rings. The minimum absolute atomic E-state index is 0.0388. The molecule has 0 aliphatic carbocycles. The second-order valence-electron chi connectivity index (χ2n) is 5.65. The summed E-state index contributed by atoms with van der Waals surface area (Å²) in [6.07, 6.45) is 8.17. The maximum Gasteiger partial charge on any atom is 0.255 e. The highest BCUT2D eigenvalue weighted by atomic mass is 35.5. The fraction of sp³-hybridized carbons (Fsp3) is 0.600. The van der Waals surface area contributed by atoms with Crippen LogP contribution in [0.3, 0.4) is 0 Å². The van der Waals surface area contributed by atoms with Crippen molar-refractivity contribution in [1.29, 1.82) is 0 Å². The Bertz CT molecular complexity index is 488. The molecule has 1 aromatic heterocycles. The Morgan fingerprint density at radius 2 is 2.05 bits per heavy atom. The molecule has 108 valence electrons. The van der Waals surface area contributed by atoms with E-state index in [9.17, 15) is 4.79 Å². The average Bonchev–Trinajstić information content (AvgIpc) is 2.98. The van der Waals surface area contributed by atoms with Crippen molar-refractivity contribution in [2.45, 2.75) is 31.7 Å². The van der Waals surface area contributed by atoms with Gasteiger partial charge in [0.25, 0.3) is 5.91 Å². The summed E-state index contributed by atoms with van der Waals surface area (Å²) in [6.45, 7) is 4.03. The lowest BCUT2D eigenvalue weighted by atomic mass is 10.1. The molecule has 0 saturated carbocycles. The number of piperidine rings is 1. The number of rotatable bonds is 2. The Hall–Kier alpha value is -1.13. The van der Waals surface area contributed by atoms with E-state index >= 15 is 0 Å². The lowest BCUT2D eigenvalue weighted by Gasteiger charge is -2.32. The normalized spacial score (nSPS) is 24.1. The van der Waals surface area contributed by atoms with Gasteiger partial charge >= 0.3 is 0 Å². The summed E-state index contributed by atoms with van der Waals surface area (Å²) in [7, 11) is 0. The van der Waals surface area contributed by atoms with Gasteiger partial charge in [0, 0.05) is 31.5 Å². The Morgan fingerprint density at radius 1 is 1.25 bits per heavy atom. The van der Waals surface area contributed by atoms with Crippen LogP contribution in [-0.2, 0) is 0 Å². The number of hydrogen-bond donors (Lipinski definition) is 0. The van der Waals surface area contributed by atoms with Gasteiger partial charge in [0.1, 0.15) is 0 Å². The summed E-state index contributed by atoms with van der Waals surface area (Å²) in [6, 6.07) is 2.23. The van der Waals surface area contributed by atoms with E-state index < -0.39 is 0 Å². The van der Waals surface area contributed by atoms with Crippen LogP contribution in [0.1, 0.15) is 36.0 Å². The third-order valence-electron chi connectivity index (χ3n) is 4.36. The van der Waals surface area contributed by atoms with Gasteiger partial charge in [0.05, 0.1) is 10.6 Å². The molecule has 2 fully saturated rings. The van der Waals surface area contributed by atoms with Crippen molar-refractivity contribution in [3.63, 3.8) is 0 Å². The zero-order valence-electron chi connectivity index (χ0n) is 11.6. The molecule has 3 rings (SSSR count). The summed E-state index contributed by atoms with van der Waals surface area (Å²) in [4.78, 5) is 20.9. The third-order valence-corrected chi connectivity index (χ3v) is 4.66. The molecule has 4 nitrogen and oxygen atoms in total. The van der Waals surface area contributed by atoms with Gasteiger partial charge in [-0.25, -0.2) is 0 Å². The van der Waals surface area contributed by atoms with Crippen LogP contribution in [0, 0.1) is 0 Å². The van der Waals surface area contributed by atoms with Crippen LogP contribution >= 0.6 is 11.6 Å². The molecule has 5 heteroatoms. The maximum atomic E-state index is 12.5. The number of pyridine rings is 1. The van der Waals surface area contributed by atoms with Crippen LogP contribution in [0.4, 0.5) is 0 Å². The van der Waals surface area contributed by atoms with Crippen molar-refractivity contribution in [1.82, 2.24) is 14.8 Å². The van der Waals surface area contributed by atoms with Crippen molar-refractivity contribution in [3.8, 4) is 0 Å². The Labute approximate surface area is 124 Å². The van der Waals surface area contributed by atoms with Gasteiger partial charge in [0.2, 0.25) is 0 Å². The number of aromatic nitrogens is 1. The first-order valence-corrected chi connectivity index (χ1v) is 7.76. The number of amides is 1. The first kappa shape index (κ1) is 13.8. The summed E-state index contributed by atoms with van der Waals surface area (Å²) >= 11 is 6.06. The number of halogens is 1. The molecule has 0 N–H and O–H groups in total. The number of likely N-dealkylation sites (tertiary alicyclic amines) is 2. The van der Waals surface area contributed by atoms with E-state index in [0.29, 0.717) is 16.6 Å². The van der Waals surface area contributed by atoms with Gasteiger partial charge in [-0.3, -0.25) is 14.7 Å². The van der Waals surface area contributed by atoms with Crippen LogP contribution in [-0.4, -0.2) is 52.9 Å². The van der Waals surface area contributed by atoms with Crippen molar-refractivity contribution in [2.24, 2.45) is 0 Å². The number of carbonyl (C=O) groups excluding carboxylic acids is 1. The van der Waals surface area contributed by atoms with E-state index in [1.807, 2.05) is 4.90 Å². The molecule has 1 aromatic rings. The predicted octanol–water partition coefficient (Wildman–Crippen LogP) is 2.44. The van der Waals surface area contributed by atoms with Crippen LogP contribution in [0.2, 0.25) is 5.02 Å². The topological polar surface area (TPSA) is 36.4 Å². The fourth-order valence-corrected chi connectivity index (χ4v) is 3.43. The standard InChI is InChI=1S/C15H20ClN3O/c16-14-10-17-6-4-13(14)15(20)19-9-5-12(11-19)18-7-2-1-3-8-18/h4,6,10,12H,1-3,5,7-9,11H2. The van der Waals surface area contributed by atoms with Crippen molar-refractivity contribution >= 4 is 17.5 Å². The molecule has 0 radical (unpaired) electrons. The molecular formula is C15H20ClN3O. The first-order chi connectivity index (χ1) is 9.75. The Morgan fingerprint density at radius 3 is 2.80 bits per heavy atom. The summed E-state index contributed by atoms with van der Waals surface area (Å²) in [5.41, 5.74) is 0.570. The second-order valence-corrected chi connectivity index (χ2v) is 6.05. The quantitative estimate of drug-likeness (QED) is 0.840. The molecule has 1 amide bonds. The van der Waals surface area contributed by atoms with Gasteiger partial charge in [-0.2, -0.15) is 0 Å². The number of hydrogen-bond acceptors (Lipinski definition) is 3. The van der Waals surface area contributed by atoms with E-state index in [2.05, 4.69) is 9.88 Å². The SMILES string of the molecule is O=C(c1ccncc1Cl)N1CCC(N2CCCCC2)C1. The van der Waals surface area contributed by atoms with E-state index in [4.69, 9.17) is 11.6 Å². The highest BCUT2D eigenvalue weighted by Crippen LogP contribution is 2.23. The van der Waals surface area contributed by atoms with E-state index in [1.54, 1.807) is 12.3 Å². The fourth-order valence-electron chi connectivity index (χ4n) is 3.23. The second kappa shape index (κ2) is 6.10. The number of nitrogens with zero attached hydrogens (tertiary/aromatic N) is 3. The van der Waals surface area contributed by atoms with Crippen molar-refractivity contribution in [2.75, 3.05) is 26.2 Å². The summed E-state index contributed by atoms with van der Waals surface area (Å²) in [5, 5.41) is 0.443. The van der Waals surface area contributed by atoms with Crippen molar-refractivity contribution in [3.05, 3.63) is 29.0 Å². The molecule has 0 bridgehead atoms. The summed E-state index contributed by atoms with van der Waals surface area (Å²) in [5.74, 6) is 0.0388. The van der Waals surface area contributed by atoms with Crippen LogP contribution in [0.15, 0.2) is 18.5 Å². The molecule has 2 aliphatic heterocycles. The molecule has 1 unspecified atom stereocenters. The largest absolute Gasteiger partial charge is 0.337 e. The van der Waals surface area contributed by atoms with Gasteiger partial charge in [-0.05, 0) is 38.4 Å². The maximum absolute atomic E-state index is 12.5. The Balaban J connectivity index is 1.65. The Kier molecular flexibility index (Phi) is 4.22. The predicted molar refractivity (Wildman–Crippen MR) is 79.0 cm³/mol. The van der Waals surface area contributed by atoms with E-state index in [0.717, 1.165) is 19.5 Å². The van der Waals surface area contributed by atoms with Gasteiger partial charge in [0.15, 0.2) is 0 Å². The molecule has 0 spiro atoms.